The van der Waals surface area contributed by atoms with Crippen LogP contribution in [0.5, 0.6) is 0 Å². The number of nitrogens with zero attached hydrogens (tertiary/aromatic N) is 1. The van der Waals surface area contributed by atoms with Gasteiger partial charge in [0.25, 0.3) is 0 Å². The lowest BCUT2D eigenvalue weighted by molar-refractivity contribution is -0.122. The SMILES string of the molecule is Cc1ccc(C(N)C(=O)NCCN(C)C2CC2)cc1. The van der Waals surface area contributed by atoms with E-state index in [1.165, 1.54) is 18.4 Å². The van der Waals surface area contributed by atoms with Crippen molar-refractivity contribution in [1.29, 1.82) is 0 Å². The van der Waals surface area contributed by atoms with Crippen LogP contribution in [0.1, 0.15) is 30.0 Å². The fraction of sp³-hybridized carbons (Fsp3) is 0.533. The average molecular weight is 261 g/mol. The molecule has 0 aliphatic heterocycles. The van der Waals surface area contributed by atoms with Gasteiger partial charge < -0.3 is 16.0 Å². The maximum absolute atomic E-state index is 11.9. The summed E-state index contributed by atoms with van der Waals surface area (Å²) in [4.78, 5) is 14.2. The van der Waals surface area contributed by atoms with Gasteiger partial charge in [-0.2, -0.15) is 0 Å². The molecule has 1 fully saturated rings. The van der Waals surface area contributed by atoms with Gasteiger partial charge >= 0.3 is 0 Å². The number of benzene rings is 1. The second-order valence-corrected chi connectivity index (χ2v) is 5.39. The van der Waals surface area contributed by atoms with Crippen LogP contribution in [-0.2, 0) is 4.79 Å². The second-order valence-electron chi connectivity index (χ2n) is 5.39. The van der Waals surface area contributed by atoms with E-state index in [4.69, 9.17) is 5.73 Å². The van der Waals surface area contributed by atoms with Crippen molar-refractivity contribution >= 4 is 5.91 Å². The average Bonchev–Trinajstić information content (AvgIpc) is 3.23. The lowest BCUT2D eigenvalue weighted by Crippen LogP contribution is -2.38. The van der Waals surface area contributed by atoms with Gasteiger partial charge in [-0.05, 0) is 32.4 Å². The quantitative estimate of drug-likeness (QED) is 0.809. The fourth-order valence-corrected chi connectivity index (χ4v) is 2.09. The molecule has 0 radical (unpaired) electrons. The maximum atomic E-state index is 11.9. The lowest BCUT2D eigenvalue weighted by atomic mass is 10.1. The minimum Gasteiger partial charge on any atom is -0.353 e. The van der Waals surface area contributed by atoms with E-state index in [-0.39, 0.29) is 5.91 Å². The van der Waals surface area contributed by atoms with E-state index in [2.05, 4.69) is 17.3 Å². The zero-order valence-electron chi connectivity index (χ0n) is 11.7. The molecule has 19 heavy (non-hydrogen) atoms. The third-order valence-electron chi connectivity index (χ3n) is 3.65. The van der Waals surface area contributed by atoms with Crippen LogP contribution in [-0.4, -0.2) is 37.0 Å². The molecule has 1 aromatic carbocycles. The number of aryl methyl sites for hydroxylation is 1. The van der Waals surface area contributed by atoms with Gasteiger partial charge in [0.15, 0.2) is 0 Å². The zero-order chi connectivity index (χ0) is 13.8. The molecule has 0 spiro atoms. The topological polar surface area (TPSA) is 58.4 Å². The highest BCUT2D eigenvalue weighted by atomic mass is 16.2. The minimum absolute atomic E-state index is 0.104. The van der Waals surface area contributed by atoms with Crippen LogP contribution in [0.4, 0.5) is 0 Å². The van der Waals surface area contributed by atoms with Gasteiger partial charge in [0, 0.05) is 19.1 Å². The first kappa shape index (κ1) is 14.0. The zero-order valence-corrected chi connectivity index (χ0v) is 11.7. The second kappa shape index (κ2) is 6.17. The molecule has 4 nitrogen and oxygen atoms in total. The summed E-state index contributed by atoms with van der Waals surface area (Å²) in [7, 11) is 2.10. The highest BCUT2D eigenvalue weighted by molar-refractivity contribution is 5.82. The summed E-state index contributed by atoms with van der Waals surface area (Å²) in [6, 6.07) is 7.92. The van der Waals surface area contributed by atoms with Crippen LogP contribution in [0, 0.1) is 6.92 Å². The van der Waals surface area contributed by atoms with Crippen molar-refractivity contribution in [3.63, 3.8) is 0 Å². The molecule has 1 aliphatic rings. The lowest BCUT2D eigenvalue weighted by Gasteiger charge is -2.17. The summed E-state index contributed by atoms with van der Waals surface area (Å²) in [5.41, 5.74) is 7.98. The molecule has 1 unspecified atom stereocenters. The van der Waals surface area contributed by atoms with Crippen molar-refractivity contribution in [3.8, 4) is 0 Å². The first-order chi connectivity index (χ1) is 9.08. The number of carbonyl (C=O) groups is 1. The van der Waals surface area contributed by atoms with Gasteiger partial charge in [-0.1, -0.05) is 29.8 Å². The van der Waals surface area contributed by atoms with Gasteiger partial charge in [0.1, 0.15) is 6.04 Å². The molecule has 104 valence electrons. The van der Waals surface area contributed by atoms with Crippen molar-refractivity contribution in [2.45, 2.75) is 31.8 Å². The molecule has 0 aromatic heterocycles. The number of hydrogen-bond donors (Lipinski definition) is 2. The van der Waals surface area contributed by atoms with E-state index in [1.54, 1.807) is 0 Å². The molecule has 0 saturated heterocycles. The molecular formula is C15H23N3O. The Morgan fingerprint density at radius 1 is 1.42 bits per heavy atom. The van der Waals surface area contributed by atoms with Crippen LogP contribution < -0.4 is 11.1 Å². The van der Waals surface area contributed by atoms with E-state index in [0.29, 0.717) is 6.54 Å². The number of hydrogen-bond acceptors (Lipinski definition) is 3. The predicted molar refractivity (Wildman–Crippen MR) is 76.8 cm³/mol. The largest absolute Gasteiger partial charge is 0.353 e. The van der Waals surface area contributed by atoms with Crippen molar-refractivity contribution in [2.75, 3.05) is 20.1 Å². The van der Waals surface area contributed by atoms with E-state index >= 15 is 0 Å². The Morgan fingerprint density at radius 3 is 2.63 bits per heavy atom. The Hall–Kier alpha value is -1.39. The molecule has 1 atom stereocenters. The molecule has 1 aliphatic carbocycles. The number of rotatable bonds is 6. The van der Waals surface area contributed by atoms with Gasteiger partial charge in [-0.25, -0.2) is 0 Å². The highest BCUT2D eigenvalue weighted by Crippen LogP contribution is 2.24. The molecule has 0 heterocycles. The van der Waals surface area contributed by atoms with E-state index < -0.39 is 6.04 Å². The summed E-state index contributed by atoms with van der Waals surface area (Å²) in [5.74, 6) is -0.104. The van der Waals surface area contributed by atoms with Crippen molar-refractivity contribution < 1.29 is 4.79 Å². The monoisotopic (exact) mass is 261 g/mol. The first-order valence-electron chi connectivity index (χ1n) is 6.88. The summed E-state index contributed by atoms with van der Waals surface area (Å²) in [6.07, 6.45) is 2.57. The highest BCUT2D eigenvalue weighted by Gasteiger charge is 2.25. The molecule has 1 saturated carbocycles. The molecule has 3 N–H and O–H groups in total. The van der Waals surface area contributed by atoms with Crippen LogP contribution in [0.3, 0.4) is 0 Å². The van der Waals surface area contributed by atoms with Gasteiger partial charge in [-0.3, -0.25) is 4.79 Å². The molecule has 2 rings (SSSR count). The van der Waals surface area contributed by atoms with Gasteiger partial charge in [-0.15, -0.1) is 0 Å². The van der Waals surface area contributed by atoms with Crippen LogP contribution in [0.25, 0.3) is 0 Å². The van der Waals surface area contributed by atoms with E-state index in [1.807, 2.05) is 31.2 Å². The third-order valence-corrected chi connectivity index (χ3v) is 3.65. The Bertz CT molecular complexity index is 426. The Labute approximate surface area is 115 Å². The summed E-state index contributed by atoms with van der Waals surface area (Å²) in [5, 5.41) is 2.90. The number of nitrogens with one attached hydrogen (secondary N) is 1. The summed E-state index contributed by atoms with van der Waals surface area (Å²) in [6.45, 7) is 3.56. The predicted octanol–water partition coefficient (Wildman–Crippen LogP) is 1.21. The minimum atomic E-state index is -0.577. The smallest absolute Gasteiger partial charge is 0.241 e. The number of amides is 1. The van der Waals surface area contributed by atoms with Crippen molar-refractivity contribution in [3.05, 3.63) is 35.4 Å². The molecule has 1 amide bonds. The number of carbonyl (C=O) groups excluding carboxylic acids is 1. The van der Waals surface area contributed by atoms with Crippen LogP contribution in [0.2, 0.25) is 0 Å². The molecule has 4 heteroatoms. The van der Waals surface area contributed by atoms with Crippen molar-refractivity contribution in [2.24, 2.45) is 5.73 Å². The summed E-state index contributed by atoms with van der Waals surface area (Å²) >= 11 is 0. The number of nitrogens with two attached hydrogens (primary N) is 1. The summed E-state index contributed by atoms with van der Waals surface area (Å²) < 4.78 is 0. The fourth-order valence-electron chi connectivity index (χ4n) is 2.09. The van der Waals surface area contributed by atoms with Gasteiger partial charge in [0.2, 0.25) is 5.91 Å². The van der Waals surface area contributed by atoms with Gasteiger partial charge in [0.05, 0.1) is 0 Å². The Morgan fingerprint density at radius 2 is 2.05 bits per heavy atom. The van der Waals surface area contributed by atoms with Crippen LogP contribution in [0.15, 0.2) is 24.3 Å². The normalized spacial score (nSPS) is 16.4. The Kier molecular flexibility index (Phi) is 4.56. The maximum Gasteiger partial charge on any atom is 0.241 e. The molecule has 0 bridgehead atoms. The molecular weight excluding hydrogens is 238 g/mol. The Balaban J connectivity index is 1.76. The third kappa shape index (κ3) is 4.04. The standard InChI is InChI=1S/C15H23N3O/c1-11-3-5-12(6-4-11)14(16)15(19)17-9-10-18(2)13-7-8-13/h3-6,13-14H,7-10,16H2,1-2H3,(H,17,19). The van der Waals surface area contributed by atoms with Crippen molar-refractivity contribution in [1.82, 2.24) is 10.2 Å². The van der Waals surface area contributed by atoms with E-state index in [0.717, 1.165) is 18.2 Å². The first-order valence-corrected chi connectivity index (χ1v) is 6.88. The van der Waals surface area contributed by atoms with E-state index in [9.17, 15) is 4.79 Å². The number of likely N-dealkylation sites (N-methyl/N-ethyl adjacent to an activating group) is 1. The molecule has 1 aromatic rings. The van der Waals surface area contributed by atoms with Crippen LogP contribution >= 0.6 is 0 Å².